The summed E-state index contributed by atoms with van der Waals surface area (Å²) in [4.78, 5) is 0. The van der Waals surface area contributed by atoms with E-state index in [1.807, 2.05) is 0 Å². The van der Waals surface area contributed by atoms with Gasteiger partial charge in [-0.3, -0.25) is 0 Å². The summed E-state index contributed by atoms with van der Waals surface area (Å²) >= 11 is 0. The number of nitrogens with zero attached hydrogens (tertiary/aromatic N) is 1. The molecule has 49 heavy (non-hydrogen) atoms. The first-order chi connectivity index (χ1) is 24.0. The Morgan fingerprint density at radius 2 is 0.816 bits per heavy atom. The van der Waals surface area contributed by atoms with Crippen molar-refractivity contribution in [3.8, 4) is 0 Å². The van der Waals surface area contributed by atoms with Gasteiger partial charge >= 0.3 is 0 Å². The summed E-state index contributed by atoms with van der Waals surface area (Å²) in [6.45, 7) is 4.55. The number of hydrogen-bond acceptors (Lipinski definition) is 2. The molecule has 2 fully saturated rings. The van der Waals surface area contributed by atoms with Gasteiger partial charge in [0.1, 0.15) is 0 Å². The fourth-order valence-corrected chi connectivity index (χ4v) is 7.66. The molecular formula is C46H84NO2+. The number of quaternary nitrogens is 1. The lowest BCUT2D eigenvalue weighted by atomic mass is 9.93. The average molecular weight is 683 g/mol. The van der Waals surface area contributed by atoms with Gasteiger partial charge in [0.2, 0.25) is 0 Å². The van der Waals surface area contributed by atoms with Gasteiger partial charge in [-0.2, -0.15) is 0 Å². The number of ether oxygens (including phenoxy) is 2. The molecule has 1 saturated carbocycles. The minimum Gasteiger partial charge on any atom is -0.346 e. The summed E-state index contributed by atoms with van der Waals surface area (Å²) in [6.07, 6.45) is 56.0. The summed E-state index contributed by atoms with van der Waals surface area (Å²) in [5.74, 6) is 0.574. The van der Waals surface area contributed by atoms with Crippen LogP contribution in [-0.2, 0) is 9.47 Å². The Balaban J connectivity index is 1.58. The third kappa shape index (κ3) is 22.4. The Bertz CT molecular complexity index is 805. The van der Waals surface area contributed by atoms with Crippen molar-refractivity contribution >= 4 is 0 Å². The minimum atomic E-state index is 0.0411. The van der Waals surface area contributed by atoms with Gasteiger partial charge in [-0.1, -0.05) is 152 Å². The molecule has 3 nitrogen and oxygen atoms in total. The molecule has 2 aliphatic rings. The second-order valence-electron chi connectivity index (χ2n) is 16.5. The average Bonchev–Trinajstić information content (AvgIpc) is 3.67. The van der Waals surface area contributed by atoms with Crippen LogP contribution in [0.3, 0.4) is 0 Å². The van der Waals surface area contributed by atoms with Gasteiger partial charge in [-0.05, 0) is 77.0 Å². The highest BCUT2D eigenvalue weighted by Crippen LogP contribution is 2.40. The monoisotopic (exact) mass is 683 g/mol. The van der Waals surface area contributed by atoms with Gasteiger partial charge in [-0.15, -0.1) is 0 Å². The summed E-state index contributed by atoms with van der Waals surface area (Å²) < 4.78 is 14.4. The second-order valence-corrected chi connectivity index (χ2v) is 16.5. The van der Waals surface area contributed by atoms with Crippen LogP contribution in [0.2, 0.25) is 0 Å². The van der Waals surface area contributed by atoms with Crippen LogP contribution in [0.4, 0.5) is 0 Å². The van der Waals surface area contributed by atoms with Crippen LogP contribution in [0.5, 0.6) is 0 Å². The van der Waals surface area contributed by atoms with Crippen LogP contribution in [0.1, 0.15) is 194 Å². The largest absolute Gasteiger partial charge is 0.346 e. The van der Waals surface area contributed by atoms with E-state index in [-0.39, 0.29) is 6.29 Å². The minimum absolute atomic E-state index is 0.0411. The third-order valence-corrected chi connectivity index (χ3v) is 11.1. The van der Waals surface area contributed by atoms with Crippen molar-refractivity contribution in [1.29, 1.82) is 0 Å². The zero-order valence-electron chi connectivity index (χ0n) is 33.6. The van der Waals surface area contributed by atoms with E-state index >= 15 is 0 Å². The van der Waals surface area contributed by atoms with Crippen molar-refractivity contribution < 1.29 is 14.0 Å². The van der Waals surface area contributed by atoms with Crippen molar-refractivity contribution in [3.05, 3.63) is 48.6 Å². The van der Waals surface area contributed by atoms with Crippen LogP contribution in [-0.4, -0.2) is 50.2 Å². The molecule has 1 aliphatic carbocycles. The van der Waals surface area contributed by atoms with E-state index in [9.17, 15) is 0 Å². The molecule has 284 valence electrons. The smallest absolute Gasteiger partial charge is 0.161 e. The normalized spacial score (nSPS) is 22.1. The Hall–Kier alpha value is -1.16. The number of unbranched alkanes of at least 4 members (excludes halogenated alkanes) is 18. The highest BCUT2D eigenvalue weighted by Gasteiger charge is 2.49. The standard InChI is InChI=1S/C46H84NO2/c1-6-8-10-12-14-16-18-20-22-24-26-28-30-32-34-36-38-42(46-48-44-40-43(47(3,4)5)41-45(44)49-46)39-37-35-33-31-29-27-25-23-21-19-17-15-13-11-9-7-2/h14-17,20-23,42-46H,6-13,18-19,24-41H2,1-5H3/q+1/t42?,43?,44-,45?,46?/m0/s1. The maximum atomic E-state index is 6.68. The molecule has 3 heteroatoms. The Morgan fingerprint density at radius 1 is 0.469 bits per heavy atom. The quantitative estimate of drug-likeness (QED) is 0.0399. The van der Waals surface area contributed by atoms with Crippen LogP contribution in [0, 0.1) is 5.92 Å². The molecular weight excluding hydrogens is 599 g/mol. The topological polar surface area (TPSA) is 18.5 Å². The maximum Gasteiger partial charge on any atom is 0.161 e. The van der Waals surface area contributed by atoms with Crippen LogP contribution < -0.4 is 0 Å². The molecule has 1 heterocycles. The molecule has 0 aromatic rings. The molecule has 0 aromatic carbocycles. The molecule has 1 aliphatic heterocycles. The molecule has 0 amide bonds. The fraction of sp³-hybridized carbons (Fsp3) is 0.826. The molecule has 2 rings (SSSR count). The van der Waals surface area contributed by atoms with Crippen molar-refractivity contribution in [1.82, 2.24) is 0 Å². The molecule has 0 N–H and O–H groups in total. The van der Waals surface area contributed by atoms with E-state index in [4.69, 9.17) is 9.47 Å². The number of rotatable bonds is 32. The summed E-state index contributed by atoms with van der Waals surface area (Å²) in [5, 5.41) is 0. The lowest BCUT2D eigenvalue weighted by molar-refractivity contribution is -0.895. The predicted molar refractivity (Wildman–Crippen MR) is 216 cm³/mol. The number of hydrogen-bond donors (Lipinski definition) is 0. The highest BCUT2D eigenvalue weighted by atomic mass is 16.7. The van der Waals surface area contributed by atoms with E-state index in [1.165, 1.54) is 154 Å². The van der Waals surface area contributed by atoms with Crippen molar-refractivity contribution in [2.75, 3.05) is 21.1 Å². The Kier molecular flexibility index (Phi) is 26.4. The van der Waals surface area contributed by atoms with Crippen LogP contribution in [0.25, 0.3) is 0 Å². The van der Waals surface area contributed by atoms with Crippen molar-refractivity contribution in [2.24, 2.45) is 5.92 Å². The molecule has 0 radical (unpaired) electrons. The van der Waals surface area contributed by atoms with Crippen LogP contribution >= 0.6 is 0 Å². The van der Waals surface area contributed by atoms with Crippen LogP contribution in [0.15, 0.2) is 48.6 Å². The van der Waals surface area contributed by atoms with Gasteiger partial charge in [0.15, 0.2) is 6.29 Å². The van der Waals surface area contributed by atoms with Gasteiger partial charge in [0, 0.05) is 18.8 Å². The summed E-state index contributed by atoms with van der Waals surface area (Å²) in [5.41, 5.74) is 0. The lowest BCUT2D eigenvalue weighted by Gasteiger charge is -2.32. The SMILES string of the molecule is CCCCCC=CCC=CCCCCCCCCC(CCCCCCCCC=CCC=CCCCCC)C1OC2CC([N+](C)(C)C)C[C@@H]2O1. The maximum absolute atomic E-state index is 6.68. The van der Waals surface area contributed by atoms with E-state index in [1.54, 1.807) is 0 Å². The van der Waals surface area contributed by atoms with Gasteiger partial charge in [0.25, 0.3) is 0 Å². The Morgan fingerprint density at radius 3 is 1.18 bits per heavy atom. The summed E-state index contributed by atoms with van der Waals surface area (Å²) in [6, 6.07) is 0.662. The van der Waals surface area contributed by atoms with Gasteiger partial charge in [0.05, 0.1) is 39.4 Å². The van der Waals surface area contributed by atoms with Crippen molar-refractivity contribution in [3.63, 3.8) is 0 Å². The molecule has 0 spiro atoms. The van der Waals surface area contributed by atoms with Crippen molar-refractivity contribution in [2.45, 2.75) is 218 Å². The summed E-state index contributed by atoms with van der Waals surface area (Å²) in [7, 11) is 6.97. The fourth-order valence-electron chi connectivity index (χ4n) is 7.66. The van der Waals surface area contributed by atoms with E-state index in [0.717, 1.165) is 30.2 Å². The molecule has 0 aromatic heterocycles. The number of fused-ring (bicyclic) bond motifs is 1. The molecule has 3 unspecified atom stereocenters. The van der Waals surface area contributed by atoms with E-state index < -0.39 is 0 Å². The molecule has 0 bridgehead atoms. The first kappa shape index (κ1) is 44.0. The van der Waals surface area contributed by atoms with Gasteiger partial charge < -0.3 is 14.0 Å². The van der Waals surface area contributed by atoms with E-state index in [0.29, 0.717) is 24.2 Å². The predicted octanol–water partition coefficient (Wildman–Crippen LogP) is 14.0. The molecule has 1 saturated heterocycles. The highest BCUT2D eigenvalue weighted by molar-refractivity contribution is 4.94. The molecule has 4 atom stereocenters. The van der Waals surface area contributed by atoms with E-state index in [2.05, 4.69) is 83.6 Å². The zero-order chi connectivity index (χ0) is 35.3. The van der Waals surface area contributed by atoms with Gasteiger partial charge in [-0.25, -0.2) is 0 Å². The lowest BCUT2D eigenvalue weighted by Crippen LogP contribution is -2.44. The first-order valence-electron chi connectivity index (χ1n) is 21.7. The third-order valence-electron chi connectivity index (χ3n) is 11.1. The Labute approximate surface area is 307 Å². The number of allylic oxidation sites excluding steroid dienone is 8. The second kappa shape index (κ2) is 29.4. The first-order valence-corrected chi connectivity index (χ1v) is 21.7. The zero-order valence-corrected chi connectivity index (χ0v) is 33.6.